The number of ether oxygens (including phenoxy) is 1. The maximum Gasteiger partial charge on any atom is 0.139 e. The molecule has 13 heavy (non-hydrogen) atoms. The van der Waals surface area contributed by atoms with Crippen molar-refractivity contribution in [1.82, 2.24) is 0 Å². The van der Waals surface area contributed by atoms with Crippen LogP contribution in [0.3, 0.4) is 0 Å². The molecule has 70 valence electrons. The Bertz CT molecular complexity index is 336. The molecule has 1 N–H and O–H groups in total. The largest absolute Gasteiger partial charge is 0.380 e. The molecule has 0 amide bonds. The Hall–Kier alpha value is -0.640. The van der Waals surface area contributed by atoms with E-state index in [1.807, 2.05) is 0 Å². The molecule has 0 radical (unpaired) electrons. The third-order valence-corrected chi connectivity index (χ3v) is 2.35. The molecule has 0 atom stereocenters. The highest BCUT2D eigenvalue weighted by Crippen LogP contribution is 2.31. The molecule has 0 saturated carbocycles. The highest BCUT2D eigenvalue weighted by molar-refractivity contribution is 6.30. The minimum Gasteiger partial charge on any atom is -0.380 e. The molecule has 0 unspecified atom stereocenters. The monoisotopic (exact) mass is 202 g/mol. The van der Waals surface area contributed by atoms with E-state index in [1.165, 1.54) is 12.1 Å². The van der Waals surface area contributed by atoms with Crippen molar-refractivity contribution in [3.63, 3.8) is 0 Å². The van der Waals surface area contributed by atoms with Crippen LogP contribution in [0.1, 0.15) is 5.56 Å². The van der Waals surface area contributed by atoms with Crippen LogP contribution in [-0.4, -0.2) is 18.3 Å². The van der Waals surface area contributed by atoms with Crippen molar-refractivity contribution < 1.29 is 14.2 Å². The van der Waals surface area contributed by atoms with Gasteiger partial charge in [0.1, 0.15) is 11.4 Å². The topological polar surface area (TPSA) is 29.5 Å². The van der Waals surface area contributed by atoms with Gasteiger partial charge in [0.25, 0.3) is 0 Å². The Kier molecular flexibility index (Phi) is 2.02. The first-order chi connectivity index (χ1) is 6.12. The van der Waals surface area contributed by atoms with Gasteiger partial charge in [-0.05, 0) is 12.1 Å². The molecule has 1 fully saturated rings. The Morgan fingerprint density at radius 3 is 2.62 bits per heavy atom. The maximum absolute atomic E-state index is 13.3. The molecule has 1 heterocycles. The second-order valence-electron chi connectivity index (χ2n) is 3.15. The lowest BCUT2D eigenvalue weighted by atomic mass is 9.92. The van der Waals surface area contributed by atoms with E-state index in [0.29, 0.717) is 5.02 Å². The summed E-state index contributed by atoms with van der Waals surface area (Å²) < 4.78 is 18.1. The van der Waals surface area contributed by atoms with Crippen LogP contribution < -0.4 is 0 Å². The van der Waals surface area contributed by atoms with E-state index in [1.54, 1.807) is 6.07 Å². The molecule has 2 nitrogen and oxygen atoms in total. The van der Waals surface area contributed by atoms with Gasteiger partial charge in [-0.1, -0.05) is 17.7 Å². The minimum absolute atomic E-state index is 0.144. The molecule has 2 rings (SSSR count). The van der Waals surface area contributed by atoms with Gasteiger partial charge in [-0.15, -0.1) is 0 Å². The Morgan fingerprint density at radius 1 is 1.46 bits per heavy atom. The Balaban J connectivity index is 2.40. The zero-order valence-electron chi connectivity index (χ0n) is 6.76. The summed E-state index contributed by atoms with van der Waals surface area (Å²) in [6.07, 6.45) is 0. The summed E-state index contributed by atoms with van der Waals surface area (Å²) in [5, 5.41) is 10.1. The SMILES string of the molecule is OC1(c2ccc(Cl)cc2F)COC1. The molecule has 0 aliphatic carbocycles. The molecule has 4 heteroatoms. The van der Waals surface area contributed by atoms with E-state index >= 15 is 0 Å². The van der Waals surface area contributed by atoms with Crippen molar-refractivity contribution in [3.05, 3.63) is 34.6 Å². The molecule has 0 bridgehead atoms. The van der Waals surface area contributed by atoms with E-state index in [9.17, 15) is 9.50 Å². The van der Waals surface area contributed by atoms with Crippen molar-refractivity contribution in [1.29, 1.82) is 0 Å². The fraction of sp³-hybridized carbons (Fsp3) is 0.333. The minimum atomic E-state index is -1.16. The summed E-state index contributed by atoms with van der Waals surface area (Å²) in [4.78, 5) is 0. The van der Waals surface area contributed by atoms with Crippen molar-refractivity contribution in [2.75, 3.05) is 13.2 Å². The van der Waals surface area contributed by atoms with Crippen molar-refractivity contribution >= 4 is 11.6 Å². The van der Waals surface area contributed by atoms with E-state index in [4.69, 9.17) is 16.3 Å². The van der Waals surface area contributed by atoms with Crippen molar-refractivity contribution in [2.24, 2.45) is 0 Å². The third-order valence-electron chi connectivity index (χ3n) is 2.11. The van der Waals surface area contributed by atoms with E-state index in [0.717, 1.165) is 0 Å². The highest BCUT2D eigenvalue weighted by Gasteiger charge is 2.39. The molecule has 1 aromatic rings. The number of rotatable bonds is 1. The Labute approximate surface area is 79.9 Å². The van der Waals surface area contributed by atoms with Gasteiger partial charge in [0.05, 0.1) is 13.2 Å². The first-order valence-corrected chi connectivity index (χ1v) is 4.25. The molecule has 1 aliphatic heterocycles. The lowest BCUT2D eigenvalue weighted by molar-refractivity contribution is -0.186. The van der Waals surface area contributed by atoms with Gasteiger partial charge in [-0.25, -0.2) is 4.39 Å². The summed E-state index contributed by atoms with van der Waals surface area (Å²) in [5.41, 5.74) is -0.905. The second-order valence-corrected chi connectivity index (χ2v) is 3.58. The maximum atomic E-state index is 13.3. The average molecular weight is 203 g/mol. The van der Waals surface area contributed by atoms with Gasteiger partial charge >= 0.3 is 0 Å². The van der Waals surface area contributed by atoms with Gasteiger partial charge in [0.15, 0.2) is 0 Å². The van der Waals surface area contributed by atoms with Crippen LogP contribution in [-0.2, 0) is 10.3 Å². The predicted octanol–water partition coefficient (Wildman–Crippen LogP) is 1.70. The zero-order valence-corrected chi connectivity index (χ0v) is 7.51. The van der Waals surface area contributed by atoms with E-state index in [-0.39, 0.29) is 18.8 Å². The fourth-order valence-electron chi connectivity index (χ4n) is 1.32. The standard InChI is InChI=1S/C9H8ClFO2/c10-6-1-2-7(8(11)3-6)9(12)4-13-5-9/h1-3,12H,4-5H2. The van der Waals surface area contributed by atoms with Gasteiger partial charge < -0.3 is 9.84 Å². The lowest BCUT2D eigenvalue weighted by Gasteiger charge is -2.36. The molecule has 1 saturated heterocycles. The fourth-order valence-corrected chi connectivity index (χ4v) is 1.48. The van der Waals surface area contributed by atoms with E-state index < -0.39 is 11.4 Å². The average Bonchev–Trinajstić information content (AvgIpc) is 2.00. The van der Waals surface area contributed by atoms with Crippen LogP contribution in [0.25, 0.3) is 0 Å². The molecule has 1 aliphatic rings. The molecule has 0 spiro atoms. The number of hydrogen-bond acceptors (Lipinski definition) is 2. The number of hydrogen-bond donors (Lipinski definition) is 1. The third kappa shape index (κ3) is 1.43. The summed E-state index contributed by atoms with van der Waals surface area (Å²) in [6.45, 7) is 0.289. The summed E-state index contributed by atoms with van der Waals surface area (Å²) in [5.74, 6) is -0.488. The normalized spacial score (nSPS) is 19.6. The van der Waals surface area contributed by atoms with Crippen LogP contribution in [0.4, 0.5) is 4.39 Å². The lowest BCUT2D eigenvalue weighted by Crippen LogP contribution is -2.47. The first-order valence-electron chi connectivity index (χ1n) is 3.87. The van der Waals surface area contributed by atoms with Crippen molar-refractivity contribution in [3.8, 4) is 0 Å². The highest BCUT2D eigenvalue weighted by atomic mass is 35.5. The van der Waals surface area contributed by atoms with Crippen LogP contribution in [0.2, 0.25) is 5.02 Å². The van der Waals surface area contributed by atoms with Gasteiger partial charge in [-0.2, -0.15) is 0 Å². The van der Waals surface area contributed by atoms with Crippen LogP contribution in [0, 0.1) is 5.82 Å². The predicted molar refractivity (Wildman–Crippen MR) is 46.1 cm³/mol. The quantitative estimate of drug-likeness (QED) is 0.751. The smallest absolute Gasteiger partial charge is 0.139 e. The number of aliphatic hydroxyl groups is 1. The second kappa shape index (κ2) is 2.94. The van der Waals surface area contributed by atoms with Gasteiger partial charge in [-0.3, -0.25) is 0 Å². The first kappa shape index (κ1) is 8.94. The summed E-state index contributed by atoms with van der Waals surface area (Å²) in [7, 11) is 0. The molecule has 1 aromatic carbocycles. The molecule has 0 aromatic heterocycles. The number of benzene rings is 1. The van der Waals surface area contributed by atoms with E-state index in [2.05, 4.69) is 0 Å². The Morgan fingerprint density at radius 2 is 2.15 bits per heavy atom. The summed E-state index contributed by atoms with van der Waals surface area (Å²) in [6, 6.07) is 4.23. The molecular formula is C9H8ClFO2. The number of halogens is 2. The van der Waals surface area contributed by atoms with Crippen LogP contribution >= 0.6 is 11.6 Å². The zero-order chi connectivity index (χ0) is 9.47. The van der Waals surface area contributed by atoms with Gasteiger partial charge in [0, 0.05) is 10.6 Å². The molecular weight excluding hydrogens is 195 g/mol. The van der Waals surface area contributed by atoms with Crippen LogP contribution in [0.5, 0.6) is 0 Å². The summed E-state index contributed by atoms with van der Waals surface area (Å²) >= 11 is 5.58. The van der Waals surface area contributed by atoms with Crippen molar-refractivity contribution in [2.45, 2.75) is 5.60 Å². The van der Waals surface area contributed by atoms with Gasteiger partial charge in [0.2, 0.25) is 0 Å². The van der Waals surface area contributed by atoms with Crippen LogP contribution in [0.15, 0.2) is 18.2 Å².